The van der Waals surface area contributed by atoms with Gasteiger partial charge < -0.3 is 5.73 Å². The molecule has 0 radical (unpaired) electrons. The number of nitrogens with two attached hydrogens (primary N) is 1. The molecule has 84 valence electrons. The van der Waals surface area contributed by atoms with E-state index >= 15 is 0 Å². The molecule has 0 spiro atoms. The van der Waals surface area contributed by atoms with Crippen LogP contribution >= 0.6 is 11.5 Å². The summed E-state index contributed by atoms with van der Waals surface area (Å²) >= 11 is 1.18. The van der Waals surface area contributed by atoms with Gasteiger partial charge >= 0.3 is 5.69 Å². The second-order valence-electron chi connectivity index (χ2n) is 3.16. The van der Waals surface area contributed by atoms with E-state index in [1.807, 2.05) is 6.92 Å². The molecule has 0 aliphatic heterocycles. The van der Waals surface area contributed by atoms with E-state index in [1.165, 1.54) is 11.5 Å². The number of aromatic amines is 1. The summed E-state index contributed by atoms with van der Waals surface area (Å²) in [7, 11) is 0. The Hall–Kier alpha value is -1.83. The molecule has 8 heteroatoms. The molecular weight excluding hydrogens is 228 g/mol. The number of H-pyrrole nitrogens is 1. The number of aryl methyl sites for hydroxylation is 1. The molecule has 0 saturated heterocycles. The molecule has 3 N–H and O–H groups in total. The number of nitrogens with zero attached hydrogens (tertiary/aromatic N) is 4. The smallest absolute Gasteiger partial charge is 0.349 e. The van der Waals surface area contributed by atoms with Gasteiger partial charge in [0.1, 0.15) is 4.88 Å². The third kappa shape index (κ3) is 2.06. The van der Waals surface area contributed by atoms with Crippen molar-refractivity contribution in [3.8, 4) is 10.7 Å². The predicted molar refractivity (Wildman–Crippen MR) is 60.0 cm³/mol. The Morgan fingerprint density at radius 3 is 2.94 bits per heavy atom. The second-order valence-corrected chi connectivity index (χ2v) is 3.91. The molecule has 16 heavy (non-hydrogen) atoms. The van der Waals surface area contributed by atoms with Crippen molar-refractivity contribution in [2.75, 3.05) is 5.73 Å². The molecular formula is C8H10N6OS. The van der Waals surface area contributed by atoms with Gasteiger partial charge in [0.25, 0.3) is 0 Å². The second kappa shape index (κ2) is 4.35. The topological polar surface area (TPSA) is 110 Å². The van der Waals surface area contributed by atoms with Crippen LogP contribution < -0.4 is 11.4 Å². The number of anilines is 1. The van der Waals surface area contributed by atoms with Crippen LogP contribution in [-0.2, 0) is 6.42 Å². The summed E-state index contributed by atoms with van der Waals surface area (Å²) < 4.78 is 3.84. The van der Waals surface area contributed by atoms with Gasteiger partial charge in [-0.1, -0.05) is 17.8 Å². The molecule has 2 rings (SSSR count). The zero-order valence-corrected chi connectivity index (χ0v) is 9.41. The quantitative estimate of drug-likeness (QED) is 0.791. The molecule has 0 fully saturated rings. The van der Waals surface area contributed by atoms with E-state index in [9.17, 15) is 4.79 Å². The van der Waals surface area contributed by atoms with Gasteiger partial charge in [-0.25, -0.2) is 4.79 Å². The van der Waals surface area contributed by atoms with Gasteiger partial charge in [0.15, 0.2) is 5.82 Å². The van der Waals surface area contributed by atoms with Crippen molar-refractivity contribution in [1.29, 1.82) is 0 Å². The Bertz CT molecular complexity index is 547. The van der Waals surface area contributed by atoms with Gasteiger partial charge in [-0.05, 0) is 18.0 Å². The van der Waals surface area contributed by atoms with Crippen LogP contribution in [0.5, 0.6) is 0 Å². The molecule has 2 heterocycles. The molecule has 2 aromatic heterocycles. The third-order valence-electron chi connectivity index (χ3n) is 1.93. The fourth-order valence-electron chi connectivity index (χ4n) is 1.30. The summed E-state index contributed by atoms with van der Waals surface area (Å²) in [5.74, 6) is 0.338. The normalized spacial score (nSPS) is 10.6. The van der Waals surface area contributed by atoms with Crippen LogP contribution in [0.4, 0.5) is 5.95 Å². The summed E-state index contributed by atoms with van der Waals surface area (Å²) in [6.45, 7) is 2.04. The largest absolute Gasteiger partial charge is 0.368 e. The molecule has 0 saturated carbocycles. The number of nitrogen functional groups attached to an aromatic ring is 1. The van der Waals surface area contributed by atoms with Crippen LogP contribution in [0.15, 0.2) is 4.79 Å². The lowest BCUT2D eigenvalue weighted by Crippen LogP contribution is -2.15. The number of hydrogen-bond acceptors (Lipinski definition) is 7. The maximum absolute atomic E-state index is 11.2. The van der Waals surface area contributed by atoms with Gasteiger partial charge in [0.2, 0.25) is 5.95 Å². The Morgan fingerprint density at radius 2 is 2.25 bits per heavy atom. The van der Waals surface area contributed by atoms with Crippen molar-refractivity contribution < 1.29 is 0 Å². The first-order chi connectivity index (χ1) is 7.70. The van der Waals surface area contributed by atoms with E-state index in [0.717, 1.165) is 23.4 Å². The average molecular weight is 238 g/mol. The Kier molecular flexibility index (Phi) is 2.91. The SMILES string of the molecule is CCCc1nnsc1-c1nc(N)nc(=O)[nH]1. The average Bonchev–Trinajstić information content (AvgIpc) is 2.65. The first-order valence-corrected chi connectivity index (χ1v) is 5.53. The fourth-order valence-corrected chi connectivity index (χ4v) is 1.95. The van der Waals surface area contributed by atoms with E-state index in [2.05, 4.69) is 24.5 Å². The van der Waals surface area contributed by atoms with Crippen LogP contribution in [-0.4, -0.2) is 24.5 Å². The highest BCUT2D eigenvalue weighted by Gasteiger charge is 2.12. The van der Waals surface area contributed by atoms with E-state index in [-0.39, 0.29) is 5.95 Å². The highest BCUT2D eigenvalue weighted by Crippen LogP contribution is 2.22. The van der Waals surface area contributed by atoms with Crippen LogP contribution in [0.25, 0.3) is 10.7 Å². The van der Waals surface area contributed by atoms with Crippen LogP contribution in [0.2, 0.25) is 0 Å². The summed E-state index contributed by atoms with van der Waals surface area (Å²) in [6, 6.07) is 0. The lowest BCUT2D eigenvalue weighted by atomic mass is 10.2. The van der Waals surface area contributed by atoms with Crippen molar-refractivity contribution in [3.05, 3.63) is 16.2 Å². The van der Waals surface area contributed by atoms with Crippen molar-refractivity contribution in [2.24, 2.45) is 0 Å². The minimum absolute atomic E-state index is 0.0467. The van der Waals surface area contributed by atoms with Gasteiger partial charge in [0, 0.05) is 0 Å². The van der Waals surface area contributed by atoms with Gasteiger partial charge in [-0.2, -0.15) is 9.97 Å². The van der Waals surface area contributed by atoms with Crippen molar-refractivity contribution in [3.63, 3.8) is 0 Å². The van der Waals surface area contributed by atoms with E-state index < -0.39 is 5.69 Å². The minimum atomic E-state index is -0.515. The maximum Gasteiger partial charge on any atom is 0.349 e. The third-order valence-corrected chi connectivity index (χ3v) is 2.70. The monoisotopic (exact) mass is 238 g/mol. The standard InChI is InChI=1S/C8H10N6OS/c1-2-3-4-5(16-14-13-4)6-10-7(9)12-8(15)11-6/h2-3H2,1H3,(H3,9,10,11,12,15). The molecule has 0 aliphatic carbocycles. The maximum atomic E-state index is 11.2. The van der Waals surface area contributed by atoms with E-state index in [4.69, 9.17) is 5.73 Å². The van der Waals surface area contributed by atoms with Gasteiger partial charge in [-0.15, -0.1) is 5.10 Å². The molecule has 0 atom stereocenters. The Labute approximate surface area is 94.9 Å². The summed E-state index contributed by atoms with van der Waals surface area (Å²) in [6.07, 6.45) is 1.74. The summed E-state index contributed by atoms with van der Waals surface area (Å²) in [5, 5.41) is 3.99. The molecule has 2 aromatic rings. The number of rotatable bonds is 3. The summed E-state index contributed by atoms with van der Waals surface area (Å²) in [5.41, 5.74) is 5.72. The molecule has 0 aromatic carbocycles. The van der Waals surface area contributed by atoms with Crippen LogP contribution in [0.1, 0.15) is 19.0 Å². The first-order valence-electron chi connectivity index (χ1n) is 4.76. The first kappa shape index (κ1) is 10.7. The zero-order valence-electron chi connectivity index (χ0n) is 8.60. The highest BCUT2D eigenvalue weighted by molar-refractivity contribution is 7.09. The van der Waals surface area contributed by atoms with Crippen molar-refractivity contribution in [1.82, 2.24) is 24.5 Å². The fraction of sp³-hybridized carbons (Fsp3) is 0.375. The molecule has 0 bridgehead atoms. The van der Waals surface area contributed by atoms with Crippen molar-refractivity contribution >= 4 is 17.5 Å². The van der Waals surface area contributed by atoms with E-state index in [0.29, 0.717) is 5.82 Å². The summed E-state index contributed by atoms with van der Waals surface area (Å²) in [4.78, 5) is 21.8. The molecule has 0 aliphatic rings. The predicted octanol–water partition coefficient (Wildman–Crippen LogP) is 0.218. The van der Waals surface area contributed by atoms with E-state index in [1.54, 1.807) is 0 Å². The Balaban J connectivity index is 2.49. The molecule has 0 unspecified atom stereocenters. The lowest BCUT2D eigenvalue weighted by molar-refractivity contribution is 0.868. The minimum Gasteiger partial charge on any atom is -0.368 e. The number of nitrogens with one attached hydrogen (secondary N) is 1. The van der Waals surface area contributed by atoms with Gasteiger partial charge in [-0.3, -0.25) is 4.98 Å². The van der Waals surface area contributed by atoms with Gasteiger partial charge in [0.05, 0.1) is 5.69 Å². The highest BCUT2D eigenvalue weighted by atomic mass is 32.1. The number of aromatic nitrogens is 5. The Morgan fingerprint density at radius 1 is 1.44 bits per heavy atom. The number of hydrogen-bond donors (Lipinski definition) is 2. The van der Waals surface area contributed by atoms with Crippen LogP contribution in [0, 0.1) is 0 Å². The molecule has 7 nitrogen and oxygen atoms in total. The molecule has 0 amide bonds. The van der Waals surface area contributed by atoms with Crippen molar-refractivity contribution in [2.45, 2.75) is 19.8 Å². The zero-order chi connectivity index (χ0) is 11.5. The van der Waals surface area contributed by atoms with Crippen LogP contribution in [0.3, 0.4) is 0 Å². The lowest BCUT2D eigenvalue weighted by Gasteiger charge is -1.99.